The van der Waals surface area contributed by atoms with Gasteiger partial charge in [0.25, 0.3) is 5.91 Å². The number of pyridine rings is 1. The minimum atomic E-state index is -0.561. The third-order valence-electron chi connectivity index (χ3n) is 4.16. The van der Waals surface area contributed by atoms with E-state index in [4.69, 9.17) is 4.74 Å². The highest BCUT2D eigenvalue weighted by Crippen LogP contribution is 2.26. The van der Waals surface area contributed by atoms with Crippen LogP contribution in [0.1, 0.15) is 57.1 Å². The summed E-state index contributed by atoms with van der Waals surface area (Å²) in [5.41, 5.74) is 2.28. The molecule has 2 aromatic rings. The molecule has 6 nitrogen and oxygen atoms in total. The van der Waals surface area contributed by atoms with Gasteiger partial charge in [-0.2, -0.15) is 0 Å². The number of amides is 2. The van der Waals surface area contributed by atoms with Gasteiger partial charge in [0.1, 0.15) is 11.3 Å². The Labute approximate surface area is 173 Å². The highest BCUT2D eigenvalue weighted by molar-refractivity contribution is 5.99. The van der Waals surface area contributed by atoms with E-state index in [0.29, 0.717) is 18.2 Å². The first-order valence-electron chi connectivity index (χ1n) is 9.95. The molecular formula is C23H31N3O3. The van der Waals surface area contributed by atoms with E-state index in [1.165, 1.54) is 0 Å². The number of nitrogens with one attached hydrogen (secondary N) is 2. The van der Waals surface area contributed by atoms with Crippen LogP contribution in [0.15, 0.2) is 42.6 Å². The van der Waals surface area contributed by atoms with Crippen LogP contribution in [0.4, 0.5) is 4.79 Å². The third kappa shape index (κ3) is 7.22. The molecule has 2 rings (SSSR count). The SMILES string of the molecule is CC(C)CCNC(=O)c1ncccc1-c1ccccc1CNC(=O)OC(C)(C)C. The molecule has 0 atom stereocenters. The molecule has 0 saturated carbocycles. The average Bonchev–Trinajstić information content (AvgIpc) is 2.65. The number of carbonyl (C=O) groups excluding carboxylic acids is 2. The van der Waals surface area contributed by atoms with Gasteiger partial charge in [0.05, 0.1) is 0 Å². The summed E-state index contributed by atoms with van der Waals surface area (Å²) in [4.78, 5) is 29.0. The van der Waals surface area contributed by atoms with Gasteiger partial charge in [0, 0.05) is 24.8 Å². The van der Waals surface area contributed by atoms with Crippen LogP contribution in [-0.2, 0) is 11.3 Å². The lowest BCUT2D eigenvalue weighted by Gasteiger charge is -2.20. The highest BCUT2D eigenvalue weighted by Gasteiger charge is 2.18. The lowest BCUT2D eigenvalue weighted by Crippen LogP contribution is -2.32. The molecule has 1 aromatic carbocycles. The summed E-state index contributed by atoms with van der Waals surface area (Å²) in [5.74, 6) is 0.314. The molecule has 0 unspecified atom stereocenters. The van der Waals surface area contributed by atoms with Gasteiger partial charge in [-0.05, 0) is 50.3 Å². The summed E-state index contributed by atoms with van der Waals surface area (Å²) in [6, 6.07) is 11.3. The first-order chi connectivity index (χ1) is 13.7. The highest BCUT2D eigenvalue weighted by atomic mass is 16.6. The van der Waals surface area contributed by atoms with Crippen LogP contribution >= 0.6 is 0 Å². The lowest BCUT2D eigenvalue weighted by atomic mass is 9.98. The summed E-state index contributed by atoms with van der Waals surface area (Å²) in [6.45, 7) is 10.6. The van der Waals surface area contributed by atoms with Gasteiger partial charge < -0.3 is 15.4 Å². The number of rotatable bonds is 7. The standard InChI is InChI=1S/C23H31N3O3/c1-16(2)12-14-25-21(27)20-19(11-8-13-24-20)18-10-7-6-9-17(18)15-26-22(28)29-23(3,4)5/h6-11,13,16H,12,14-15H2,1-5H3,(H,25,27)(H,26,28). The fraction of sp³-hybridized carbons (Fsp3) is 0.435. The minimum absolute atomic E-state index is 0.198. The number of nitrogens with zero attached hydrogens (tertiary/aromatic N) is 1. The summed E-state index contributed by atoms with van der Waals surface area (Å²) in [5, 5.41) is 5.72. The third-order valence-corrected chi connectivity index (χ3v) is 4.16. The van der Waals surface area contributed by atoms with Crippen molar-refractivity contribution in [2.45, 2.75) is 53.2 Å². The van der Waals surface area contributed by atoms with Crippen molar-refractivity contribution in [1.82, 2.24) is 15.6 Å². The molecule has 29 heavy (non-hydrogen) atoms. The van der Waals surface area contributed by atoms with Gasteiger partial charge in [-0.3, -0.25) is 9.78 Å². The maximum Gasteiger partial charge on any atom is 0.407 e. The van der Waals surface area contributed by atoms with Gasteiger partial charge >= 0.3 is 6.09 Å². The summed E-state index contributed by atoms with van der Waals surface area (Å²) in [7, 11) is 0. The molecule has 0 fully saturated rings. The van der Waals surface area contributed by atoms with E-state index in [2.05, 4.69) is 29.5 Å². The van der Waals surface area contributed by atoms with Gasteiger partial charge in [-0.15, -0.1) is 0 Å². The zero-order valence-electron chi connectivity index (χ0n) is 17.9. The van der Waals surface area contributed by atoms with Crippen molar-refractivity contribution in [3.05, 3.63) is 53.9 Å². The van der Waals surface area contributed by atoms with Crippen molar-refractivity contribution in [2.24, 2.45) is 5.92 Å². The number of ether oxygens (including phenoxy) is 1. The molecule has 0 aliphatic rings. The average molecular weight is 398 g/mol. The van der Waals surface area contributed by atoms with Gasteiger partial charge in [0.2, 0.25) is 0 Å². The summed E-state index contributed by atoms with van der Waals surface area (Å²) >= 11 is 0. The topological polar surface area (TPSA) is 80.3 Å². The van der Waals surface area contributed by atoms with Crippen LogP contribution in [0.5, 0.6) is 0 Å². The first kappa shape index (κ1) is 22.4. The maximum atomic E-state index is 12.7. The maximum absolute atomic E-state index is 12.7. The van der Waals surface area contributed by atoms with E-state index in [-0.39, 0.29) is 12.5 Å². The van der Waals surface area contributed by atoms with Crippen LogP contribution in [0, 0.1) is 5.92 Å². The van der Waals surface area contributed by atoms with E-state index in [1.807, 2.05) is 51.1 Å². The van der Waals surface area contributed by atoms with Gasteiger partial charge in [0.15, 0.2) is 0 Å². The Morgan fingerprint density at radius 3 is 2.41 bits per heavy atom. The molecule has 1 heterocycles. The monoisotopic (exact) mass is 397 g/mol. The molecule has 0 bridgehead atoms. The van der Waals surface area contributed by atoms with Crippen LogP contribution in [0.3, 0.4) is 0 Å². The Hall–Kier alpha value is -2.89. The fourth-order valence-electron chi connectivity index (χ4n) is 2.78. The second kappa shape index (κ2) is 10.0. The number of alkyl carbamates (subject to hydrolysis) is 1. The molecular weight excluding hydrogens is 366 g/mol. The molecule has 1 aromatic heterocycles. The minimum Gasteiger partial charge on any atom is -0.444 e. The number of hydrogen-bond acceptors (Lipinski definition) is 4. The molecule has 0 saturated heterocycles. The van der Waals surface area contributed by atoms with E-state index < -0.39 is 11.7 Å². The molecule has 0 aliphatic carbocycles. The van der Waals surface area contributed by atoms with Gasteiger partial charge in [-0.25, -0.2) is 4.79 Å². The van der Waals surface area contributed by atoms with Crippen molar-refractivity contribution in [2.75, 3.05) is 6.54 Å². The molecule has 0 spiro atoms. The Bertz CT molecular complexity index is 841. The van der Waals surface area contributed by atoms with Crippen molar-refractivity contribution in [3.63, 3.8) is 0 Å². The predicted octanol–water partition coefficient (Wildman–Crippen LogP) is 4.55. The summed E-state index contributed by atoms with van der Waals surface area (Å²) in [6.07, 6.45) is 2.04. The Balaban J connectivity index is 2.21. The Morgan fingerprint density at radius 2 is 1.72 bits per heavy atom. The van der Waals surface area contributed by atoms with Crippen LogP contribution in [0.25, 0.3) is 11.1 Å². The normalized spacial score (nSPS) is 11.2. The zero-order valence-corrected chi connectivity index (χ0v) is 17.9. The number of hydrogen-bond donors (Lipinski definition) is 2. The molecule has 156 valence electrons. The second-order valence-electron chi connectivity index (χ2n) is 8.35. The van der Waals surface area contributed by atoms with Crippen molar-refractivity contribution in [1.29, 1.82) is 0 Å². The number of aromatic nitrogens is 1. The largest absolute Gasteiger partial charge is 0.444 e. The molecule has 6 heteroatoms. The van der Waals surface area contributed by atoms with Crippen LogP contribution in [-0.4, -0.2) is 29.1 Å². The van der Waals surface area contributed by atoms with Crippen molar-refractivity contribution >= 4 is 12.0 Å². The van der Waals surface area contributed by atoms with E-state index in [1.54, 1.807) is 12.3 Å². The van der Waals surface area contributed by atoms with Gasteiger partial charge in [-0.1, -0.05) is 44.2 Å². The molecule has 2 amide bonds. The van der Waals surface area contributed by atoms with E-state index >= 15 is 0 Å². The Morgan fingerprint density at radius 1 is 1.03 bits per heavy atom. The van der Waals surface area contributed by atoms with Crippen LogP contribution < -0.4 is 10.6 Å². The first-order valence-corrected chi connectivity index (χ1v) is 9.95. The van der Waals surface area contributed by atoms with Crippen molar-refractivity contribution in [3.8, 4) is 11.1 Å². The van der Waals surface area contributed by atoms with E-state index in [0.717, 1.165) is 23.1 Å². The van der Waals surface area contributed by atoms with Crippen molar-refractivity contribution < 1.29 is 14.3 Å². The molecule has 0 aliphatic heterocycles. The zero-order chi connectivity index (χ0) is 21.4. The predicted molar refractivity (Wildman–Crippen MR) is 115 cm³/mol. The van der Waals surface area contributed by atoms with Crippen LogP contribution in [0.2, 0.25) is 0 Å². The summed E-state index contributed by atoms with van der Waals surface area (Å²) < 4.78 is 5.30. The second-order valence-corrected chi connectivity index (χ2v) is 8.35. The molecule has 2 N–H and O–H groups in total. The number of benzene rings is 1. The Kier molecular flexibility index (Phi) is 7.76. The number of carbonyl (C=O) groups is 2. The lowest BCUT2D eigenvalue weighted by molar-refractivity contribution is 0.0523. The molecule has 0 radical (unpaired) electrons. The fourth-order valence-corrected chi connectivity index (χ4v) is 2.78. The smallest absolute Gasteiger partial charge is 0.407 e. The van der Waals surface area contributed by atoms with E-state index in [9.17, 15) is 9.59 Å². The quantitative estimate of drug-likeness (QED) is 0.718.